The van der Waals surface area contributed by atoms with Crippen LogP contribution >= 0.6 is 0 Å². The molecule has 116 valence electrons. The van der Waals surface area contributed by atoms with Crippen molar-refractivity contribution in [2.75, 3.05) is 13.7 Å². The van der Waals surface area contributed by atoms with Gasteiger partial charge in [0.2, 0.25) is 10.0 Å². The monoisotopic (exact) mass is 313 g/mol. The molecule has 1 aromatic rings. The maximum atomic E-state index is 12.3. The number of rotatable bonds is 7. The van der Waals surface area contributed by atoms with E-state index in [4.69, 9.17) is 9.84 Å². The Kier molecular flexibility index (Phi) is 6.07. The molecule has 21 heavy (non-hydrogen) atoms. The lowest BCUT2D eigenvalue weighted by Gasteiger charge is -2.15. The minimum Gasteiger partial charge on any atom is -0.478 e. The van der Waals surface area contributed by atoms with Crippen molar-refractivity contribution < 1.29 is 23.1 Å². The van der Waals surface area contributed by atoms with Crippen molar-refractivity contribution in [2.45, 2.75) is 24.8 Å². The topological polar surface area (TPSA) is 92.7 Å². The standard InChI is InChI=1S/C14H19NO5S/c1-10-4-5-12(6-7-14(16)17)8-13(10)21(18,19)15-11(2)9-20-3/h4-8,11,15H,9H2,1-3H3,(H,16,17). The predicted molar refractivity (Wildman–Crippen MR) is 79.5 cm³/mol. The van der Waals surface area contributed by atoms with E-state index in [1.807, 2.05) is 0 Å². The number of nitrogens with one attached hydrogen (secondary N) is 1. The van der Waals surface area contributed by atoms with Gasteiger partial charge < -0.3 is 9.84 Å². The molecule has 0 spiro atoms. The first-order valence-corrected chi connectivity index (χ1v) is 7.77. The summed E-state index contributed by atoms with van der Waals surface area (Å²) < 4.78 is 32.1. The van der Waals surface area contributed by atoms with Crippen molar-refractivity contribution in [1.29, 1.82) is 0 Å². The van der Waals surface area contributed by atoms with E-state index in [1.54, 1.807) is 26.0 Å². The Bertz CT molecular complexity index is 637. The number of ether oxygens (including phenoxy) is 1. The minimum atomic E-state index is -3.68. The van der Waals surface area contributed by atoms with Crippen LogP contribution in [0.25, 0.3) is 6.08 Å². The summed E-state index contributed by atoms with van der Waals surface area (Å²) in [6.45, 7) is 3.64. The smallest absolute Gasteiger partial charge is 0.328 e. The molecule has 0 aliphatic heterocycles. The average molecular weight is 313 g/mol. The quantitative estimate of drug-likeness (QED) is 0.742. The highest BCUT2D eigenvalue weighted by Gasteiger charge is 2.19. The van der Waals surface area contributed by atoms with Crippen molar-refractivity contribution in [2.24, 2.45) is 0 Å². The maximum absolute atomic E-state index is 12.3. The van der Waals surface area contributed by atoms with E-state index in [1.165, 1.54) is 19.3 Å². The second kappa shape index (κ2) is 7.35. The molecule has 0 radical (unpaired) electrons. The van der Waals surface area contributed by atoms with Gasteiger partial charge >= 0.3 is 5.97 Å². The molecule has 1 rings (SSSR count). The first-order valence-electron chi connectivity index (χ1n) is 6.29. The van der Waals surface area contributed by atoms with Gasteiger partial charge in [-0.25, -0.2) is 17.9 Å². The predicted octanol–water partition coefficient (Wildman–Crippen LogP) is 1.41. The molecule has 0 saturated carbocycles. The molecule has 0 bridgehead atoms. The van der Waals surface area contributed by atoms with E-state index in [-0.39, 0.29) is 17.5 Å². The number of carbonyl (C=O) groups is 1. The number of carboxylic acid groups (broad SMARTS) is 1. The van der Waals surface area contributed by atoms with Crippen molar-refractivity contribution >= 4 is 22.1 Å². The molecule has 0 amide bonds. The maximum Gasteiger partial charge on any atom is 0.328 e. The number of hydrogen-bond donors (Lipinski definition) is 2. The summed E-state index contributed by atoms with van der Waals surface area (Å²) >= 11 is 0. The second-order valence-electron chi connectivity index (χ2n) is 4.67. The van der Waals surface area contributed by atoms with Crippen molar-refractivity contribution in [3.63, 3.8) is 0 Å². The molecule has 1 atom stereocenters. The van der Waals surface area contributed by atoms with Crippen LogP contribution < -0.4 is 4.72 Å². The fourth-order valence-corrected chi connectivity index (χ4v) is 3.30. The summed E-state index contributed by atoms with van der Waals surface area (Å²) in [6.07, 6.45) is 2.31. The van der Waals surface area contributed by atoms with Crippen LogP contribution in [0.3, 0.4) is 0 Å². The fraction of sp³-hybridized carbons (Fsp3) is 0.357. The lowest BCUT2D eigenvalue weighted by molar-refractivity contribution is -0.131. The SMILES string of the molecule is COCC(C)NS(=O)(=O)c1cc(C=CC(=O)O)ccc1C. The summed E-state index contributed by atoms with van der Waals surface area (Å²) in [6, 6.07) is 4.37. The Morgan fingerprint density at radius 2 is 2.14 bits per heavy atom. The average Bonchev–Trinajstić information content (AvgIpc) is 2.37. The van der Waals surface area contributed by atoms with E-state index < -0.39 is 16.0 Å². The molecule has 0 saturated heterocycles. The van der Waals surface area contributed by atoms with E-state index in [2.05, 4.69) is 4.72 Å². The highest BCUT2D eigenvalue weighted by Crippen LogP contribution is 2.18. The number of hydrogen-bond acceptors (Lipinski definition) is 4. The number of carboxylic acids is 1. The van der Waals surface area contributed by atoms with Gasteiger partial charge in [0.15, 0.2) is 0 Å². The number of benzene rings is 1. The number of methoxy groups -OCH3 is 1. The van der Waals surface area contributed by atoms with Gasteiger partial charge in [0.1, 0.15) is 0 Å². The lowest BCUT2D eigenvalue weighted by atomic mass is 10.1. The molecule has 0 heterocycles. The summed E-state index contributed by atoms with van der Waals surface area (Å²) in [5, 5.41) is 8.61. The third kappa shape index (κ3) is 5.30. The lowest BCUT2D eigenvalue weighted by Crippen LogP contribution is -2.35. The Balaban J connectivity index is 3.10. The fourth-order valence-electron chi connectivity index (χ4n) is 1.79. The summed E-state index contributed by atoms with van der Waals surface area (Å²) in [7, 11) is -2.19. The van der Waals surface area contributed by atoms with Crippen LogP contribution in [0.15, 0.2) is 29.2 Å². The van der Waals surface area contributed by atoms with E-state index >= 15 is 0 Å². The van der Waals surface area contributed by atoms with Gasteiger partial charge in [0, 0.05) is 19.2 Å². The van der Waals surface area contributed by atoms with E-state index in [0.29, 0.717) is 11.1 Å². The number of sulfonamides is 1. The van der Waals surface area contributed by atoms with Gasteiger partial charge in [0.25, 0.3) is 0 Å². The Morgan fingerprint density at radius 1 is 1.48 bits per heavy atom. The second-order valence-corrected chi connectivity index (χ2v) is 6.36. The molecule has 6 nitrogen and oxygen atoms in total. The van der Waals surface area contributed by atoms with Crippen LogP contribution in [-0.4, -0.2) is 39.3 Å². The molecule has 7 heteroatoms. The highest BCUT2D eigenvalue weighted by atomic mass is 32.2. The summed E-state index contributed by atoms with van der Waals surface area (Å²) in [5.74, 6) is -1.09. The minimum absolute atomic E-state index is 0.123. The van der Waals surface area contributed by atoms with Crippen LogP contribution in [-0.2, 0) is 19.6 Å². The Morgan fingerprint density at radius 3 is 2.71 bits per heavy atom. The number of aryl methyl sites for hydroxylation is 1. The highest BCUT2D eigenvalue weighted by molar-refractivity contribution is 7.89. The zero-order valence-electron chi connectivity index (χ0n) is 12.2. The first kappa shape index (κ1) is 17.4. The molecule has 1 unspecified atom stereocenters. The molecule has 0 aliphatic rings. The third-order valence-corrected chi connectivity index (χ3v) is 4.42. The Labute approximate surface area is 124 Å². The van der Waals surface area contributed by atoms with Crippen molar-refractivity contribution in [1.82, 2.24) is 4.72 Å². The summed E-state index contributed by atoms with van der Waals surface area (Å²) in [5.41, 5.74) is 1.09. The molecule has 2 N–H and O–H groups in total. The normalized spacial score (nSPS) is 13.5. The zero-order chi connectivity index (χ0) is 16.0. The third-order valence-electron chi connectivity index (χ3n) is 2.69. The molecular weight excluding hydrogens is 294 g/mol. The van der Waals surface area contributed by atoms with Crippen LogP contribution in [0.4, 0.5) is 0 Å². The molecule has 0 aromatic heterocycles. The first-order chi connectivity index (χ1) is 9.76. The van der Waals surface area contributed by atoms with E-state index in [0.717, 1.165) is 6.08 Å². The van der Waals surface area contributed by atoms with Gasteiger partial charge in [-0.2, -0.15) is 0 Å². The molecule has 0 fully saturated rings. The van der Waals surface area contributed by atoms with Crippen molar-refractivity contribution in [3.05, 3.63) is 35.4 Å². The van der Waals surface area contributed by atoms with Gasteiger partial charge in [-0.1, -0.05) is 12.1 Å². The Hall–Kier alpha value is -1.70. The van der Waals surface area contributed by atoms with Gasteiger partial charge in [-0.15, -0.1) is 0 Å². The van der Waals surface area contributed by atoms with Crippen LogP contribution in [0.5, 0.6) is 0 Å². The molecular formula is C14H19NO5S. The van der Waals surface area contributed by atoms with Crippen LogP contribution in [0.1, 0.15) is 18.1 Å². The van der Waals surface area contributed by atoms with Gasteiger partial charge in [-0.05, 0) is 37.1 Å². The zero-order valence-corrected chi connectivity index (χ0v) is 13.0. The largest absolute Gasteiger partial charge is 0.478 e. The van der Waals surface area contributed by atoms with Crippen LogP contribution in [0, 0.1) is 6.92 Å². The number of aliphatic carboxylic acids is 1. The van der Waals surface area contributed by atoms with E-state index in [9.17, 15) is 13.2 Å². The molecule has 1 aromatic carbocycles. The summed E-state index contributed by atoms with van der Waals surface area (Å²) in [4.78, 5) is 10.6. The van der Waals surface area contributed by atoms with Gasteiger partial charge in [0.05, 0.1) is 11.5 Å². The van der Waals surface area contributed by atoms with Gasteiger partial charge in [-0.3, -0.25) is 0 Å². The molecule has 0 aliphatic carbocycles. The van der Waals surface area contributed by atoms with Crippen molar-refractivity contribution in [3.8, 4) is 0 Å². The van der Waals surface area contributed by atoms with Crippen LogP contribution in [0.2, 0.25) is 0 Å².